The fourth-order valence-electron chi connectivity index (χ4n) is 4.93. The van der Waals surface area contributed by atoms with Crippen LogP contribution in [-0.4, -0.2) is 52.0 Å². The molecule has 2 aromatic rings. The van der Waals surface area contributed by atoms with E-state index in [9.17, 15) is 13.2 Å². The van der Waals surface area contributed by atoms with Gasteiger partial charge >= 0.3 is 0 Å². The summed E-state index contributed by atoms with van der Waals surface area (Å²) in [6.45, 7) is -0.302. The van der Waals surface area contributed by atoms with Crippen LogP contribution in [-0.2, 0) is 14.8 Å². The van der Waals surface area contributed by atoms with Crippen LogP contribution in [0.3, 0.4) is 0 Å². The number of nitrogens with one attached hydrogen (secondary N) is 1. The Hall–Kier alpha value is -2.78. The normalized spacial score (nSPS) is 19.2. The molecule has 0 saturated heterocycles. The van der Waals surface area contributed by atoms with Gasteiger partial charge in [-0.15, -0.1) is 0 Å². The number of ether oxygens (including phenoxy) is 3. The molecule has 1 aliphatic heterocycles. The summed E-state index contributed by atoms with van der Waals surface area (Å²) in [5, 5.41) is 3.07. The molecule has 184 valence electrons. The molecule has 1 fully saturated rings. The van der Waals surface area contributed by atoms with Gasteiger partial charge in [-0.2, -0.15) is 4.31 Å². The first-order chi connectivity index (χ1) is 16.3. The minimum absolute atomic E-state index is 0.0259. The zero-order valence-electron chi connectivity index (χ0n) is 19.9. The average Bonchev–Trinajstić information content (AvgIpc) is 2.83. The van der Waals surface area contributed by atoms with Gasteiger partial charge in [-0.1, -0.05) is 24.6 Å². The lowest BCUT2D eigenvalue weighted by molar-refractivity contribution is -0.122. The number of para-hydroxylation sites is 1. The van der Waals surface area contributed by atoms with E-state index >= 15 is 0 Å². The van der Waals surface area contributed by atoms with E-state index in [2.05, 4.69) is 5.32 Å². The molecular formula is C25H32N2O6S. The highest BCUT2D eigenvalue weighted by Crippen LogP contribution is 2.46. The van der Waals surface area contributed by atoms with Gasteiger partial charge in [0.05, 0.1) is 31.7 Å². The first-order valence-corrected chi connectivity index (χ1v) is 13.0. The molecule has 9 heteroatoms. The largest absolute Gasteiger partial charge is 0.493 e. The first-order valence-electron chi connectivity index (χ1n) is 11.5. The van der Waals surface area contributed by atoms with E-state index in [0.29, 0.717) is 17.9 Å². The molecule has 4 rings (SSSR count). The number of sulfonamides is 1. The summed E-state index contributed by atoms with van der Waals surface area (Å²) in [5.41, 5.74) is 0.653. The summed E-state index contributed by atoms with van der Waals surface area (Å²) in [6.07, 6.45) is 6.01. The number of methoxy groups -OCH3 is 2. The Morgan fingerprint density at radius 3 is 2.50 bits per heavy atom. The Morgan fingerprint density at radius 2 is 1.79 bits per heavy atom. The topological polar surface area (TPSA) is 94.2 Å². The van der Waals surface area contributed by atoms with E-state index in [1.54, 1.807) is 0 Å². The van der Waals surface area contributed by atoms with Crippen LogP contribution in [0.4, 0.5) is 0 Å². The van der Waals surface area contributed by atoms with Gasteiger partial charge in [-0.05, 0) is 43.9 Å². The molecule has 0 bridgehead atoms. The van der Waals surface area contributed by atoms with Gasteiger partial charge in [-0.3, -0.25) is 4.79 Å². The van der Waals surface area contributed by atoms with Crippen molar-refractivity contribution in [1.82, 2.24) is 9.62 Å². The average molecular weight is 489 g/mol. The smallest absolute Gasteiger partial charge is 0.243 e. The lowest BCUT2D eigenvalue weighted by Crippen LogP contribution is -2.48. The zero-order valence-corrected chi connectivity index (χ0v) is 20.7. The Labute approximate surface area is 201 Å². The van der Waals surface area contributed by atoms with Gasteiger partial charge in [0.1, 0.15) is 11.4 Å². The fourth-order valence-corrected chi connectivity index (χ4v) is 6.08. The molecule has 1 atom stereocenters. The van der Waals surface area contributed by atoms with Gasteiger partial charge in [0.25, 0.3) is 0 Å². The number of amides is 1. The summed E-state index contributed by atoms with van der Waals surface area (Å²) in [4.78, 5) is 13.0. The molecule has 1 aliphatic carbocycles. The van der Waals surface area contributed by atoms with Crippen LogP contribution in [0, 0.1) is 0 Å². The van der Waals surface area contributed by atoms with Crippen LogP contribution in [0.15, 0.2) is 47.4 Å². The first kappa shape index (κ1) is 24.3. The number of hydrogen-bond donors (Lipinski definition) is 1. The molecule has 2 aliphatic rings. The summed E-state index contributed by atoms with van der Waals surface area (Å²) in [7, 11) is 0.409. The summed E-state index contributed by atoms with van der Waals surface area (Å²) in [5.74, 6) is 1.17. The minimum Gasteiger partial charge on any atom is -0.493 e. The zero-order chi connectivity index (χ0) is 24.3. The second-order valence-corrected chi connectivity index (χ2v) is 11.0. The molecule has 1 spiro atoms. The Balaban J connectivity index is 1.49. The minimum atomic E-state index is -3.91. The van der Waals surface area contributed by atoms with Gasteiger partial charge in [-0.25, -0.2) is 8.42 Å². The van der Waals surface area contributed by atoms with Crippen molar-refractivity contribution >= 4 is 15.9 Å². The van der Waals surface area contributed by atoms with Gasteiger partial charge < -0.3 is 19.5 Å². The van der Waals surface area contributed by atoms with Crippen molar-refractivity contribution in [2.24, 2.45) is 0 Å². The summed E-state index contributed by atoms with van der Waals surface area (Å²) < 4.78 is 44.1. The number of carbonyl (C=O) groups excluding carboxylic acids is 1. The quantitative estimate of drug-likeness (QED) is 0.639. The Morgan fingerprint density at radius 1 is 1.09 bits per heavy atom. The lowest BCUT2D eigenvalue weighted by Gasteiger charge is -2.44. The Kier molecular flexibility index (Phi) is 7.04. The van der Waals surface area contributed by atoms with Crippen LogP contribution in [0.1, 0.15) is 50.1 Å². The second kappa shape index (κ2) is 9.84. The molecular weight excluding hydrogens is 456 g/mol. The van der Waals surface area contributed by atoms with Crippen molar-refractivity contribution in [2.75, 3.05) is 27.8 Å². The van der Waals surface area contributed by atoms with Crippen LogP contribution < -0.4 is 19.5 Å². The predicted octanol–water partition coefficient (Wildman–Crippen LogP) is 3.67. The third kappa shape index (κ3) is 4.86. The second-order valence-electron chi connectivity index (χ2n) is 8.99. The molecule has 34 heavy (non-hydrogen) atoms. The molecule has 1 N–H and O–H groups in total. The number of fused-ring (bicyclic) bond motifs is 1. The molecule has 0 radical (unpaired) electrons. The maximum Gasteiger partial charge on any atom is 0.243 e. The van der Waals surface area contributed by atoms with E-state index in [4.69, 9.17) is 14.2 Å². The number of nitrogens with zero attached hydrogens (tertiary/aromatic N) is 1. The van der Waals surface area contributed by atoms with E-state index in [-0.39, 0.29) is 29.0 Å². The molecule has 1 saturated carbocycles. The predicted molar refractivity (Wildman–Crippen MR) is 128 cm³/mol. The van der Waals surface area contributed by atoms with Gasteiger partial charge in [0.15, 0.2) is 11.5 Å². The van der Waals surface area contributed by atoms with E-state index in [0.717, 1.165) is 41.3 Å². The maximum absolute atomic E-state index is 13.1. The van der Waals surface area contributed by atoms with Crippen molar-refractivity contribution in [3.63, 3.8) is 0 Å². The third-order valence-electron chi connectivity index (χ3n) is 6.73. The molecule has 0 aromatic heterocycles. The standard InChI is InChI=1S/C25H32N2O6S/c1-27(34(29,30)18-11-12-22(31-2)23(15-18)32-3)17-24(28)26-20-16-25(13-7-4-8-14-25)33-21-10-6-5-9-19(20)21/h5-6,9-12,15,20H,4,7-8,13-14,16-17H2,1-3H3,(H,26,28)/t20-/m1/s1. The van der Waals surface area contributed by atoms with E-state index in [1.807, 2.05) is 24.3 Å². The SMILES string of the molecule is COc1ccc(S(=O)(=O)N(C)CC(=O)N[C@@H]2CC3(CCCCC3)Oc3ccccc32)cc1OC. The van der Waals surface area contributed by atoms with Crippen molar-refractivity contribution in [1.29, 1.82) is 0 Å². The van der Waals surface area contributed by atoms with Crippen molar-refractivity contribution in [3.05, 3.63) is 48.0 Å². The number of benzene rings is 2. The third-order valence-corrected chi connectivity index (χ3v) is 8.53. The van der Waals surface area contributed by atoms with Crippen LogP contribution >= 0.6 is 0 Å². The van der Waals surface area contributed by atoms with Crippen LogP contribution in [0.2, 0.25) is 0 Å². The molecule has 8 nitrogen and oxygen atoms in total. The highest BCUT2D eigenvalue weighted by atomic mass is 32.2. The van der Waals surface area contributed by atoms with Crippen LogP contribution in [0.5, 0.6) is 17.2 Å². The number of carbonyl (C=O) groups is 1. The highest BCUT2D eigenvalue weighted by molar-refractivity contribution is 7.89. The van der Waals surface area contributed by atoms with Crippen molar-refractivity contribution in [3.8, 4) is 17.2 Å². The van der Waals surface area contributed by atoms with Crippen LogP contribution in [0.25, 0.3) is 0 Å². The Bertz CT molecular complexity index is 1140. The molecule has 0 unspecified atom stereocenters. The highest BCUT2D eigenvalue weighted by Gasteiger charge is 2.42. The number of hydrogen-bond acceptors (Lipinski definition) is 6. The summed E-state index contributed by atoms with van der Waals surface area (Å²) in [6, 6.07) is 11.9. The maximum atomic E-state index is 13.1. The van der Waals surface area contributed by atoms with Crippen molar-refractivity contribution in [2.45, 2.75) is 55.1 Å². The van der Waals surface area contributed by atoms with E-state index in [1.165, 1.54) is 45.9 Å². The molecule has 2 aromatic carbocycles. The monoisotopic (exact) mass is 488 g/mol. The number of rotatable bonds is 7. The van der Waals surface area contributed by atoms with Gasteiger partial charge in [0, 0.05) is 25.1 Å². The van der Waals surface area contributed by atoms with Crippen molar-refractivity contribution < 1.29 is 27.4 Å². The molecule has 1 amide bonds. The number of likely N-dealkylation sites (N-methyl/N-ethyl adjacent to an activating group) is 1. The lowest BCUT2D eigenvalue weighted by atomic mass is 9.77. The van der Waals surface area contributed by atoms with E-state index < -0.39 is 10.0 Å². The molecule has 1 heterocycles. The summed E-state index contributed by atoms with van der Waals surface area (Å²) >= 11 is 0. The van der Waals surface area contributed by atoms with Gasteiger partial charge in [0.2, 0.25) is 15.9 Å². The fraction of sp³-hybridized carbons (Fsp3) is 0.480.